The Bertz CT molecular complexity index is 860. The number of aromatic nitrogens is 2. The van der Waals surface area contributed by atoms with Gasteiger partial charge >= 0.3 is 0 Å². The molecule has 2 aromatic rings. The summed E-state index contributed by atoms with van der Waals surface area (Å²) < 4.78 is 5.58. The van der Waals surface area contributed by atoms with Gasteiger partial charge in [0.15, 0.2) is 0 Å². The van der Waals surface area contributed by atoms with Gasteiger partial charge in [0.25, 0.3) is 0 Å². The largest absolute Gasteiger partial charge is 0.359 e. The molecule has 1 aromatic carbocycles. The first kappa shape index (κ1) is 20.6. The quantitative estimate of drug-likeness (QED) is 0.760. The topological polar surface area (TPSA) is 97.1 Å². The Balaban J connectivity index is 1.48. The molecule has 0 spiro atoms. The van der Waals surface area contributed by atoms with Gasteiger partial charge < -0.3 is 15.2 Å². The highest BCUT2D eigenvalue weighted by molar-refractivity contribution is 5.80. The van der Waals surface area contributed by atoms with Crippen molar-refractivity contribution in [3.05, 3.63) is 36.2 Å². The lowest BCUT2D eigenvalue weighted by Gasteiger charge is -2.23. The zero-order chi connectivity index (χ0) is 20.9. The lowest BCUT2D eigenvalue weighted by Crippen LogP contribution is -2.38. The van der Waals surface area contributed by atoms with Crippen LogP contribution in [0.1, 0.15) is 63.2 Å². The Morgan fingerprint density at radius 3 is 2.60 bits per heavy atom. The van der Waals surface area contributed by atoms with Crippen LogP contribution in [0.3, 0.4) is 0 Å². The van der Waals surface area contributed by atoms with Crippen LogP contribution in [0.4, 0.5) is 0 Å². The molecule has 7 nitrogen and oxygen atoms in total. The smallest absolute Gasteiger partial charge is 0.232 e. The minimum atomic E-state index is -0.174. The Labute approximate surface area is 177 Å². The summed E-state index contributed by atoms with van der Waals surface area (Å²) in [5.74, 6) is 1.22. The van der Waals surface area contributed by atoms with Crippen molar-refractivity contribution in [3.63, 3.8) is 0 Å². The van der Waals surface area contributed by atoms with Gasteiger partial charge in [-0.15, -0.1) is 0 Å². The predicted octanol–water partition coefficient (Wildman–Crippen LogP) is 3.43. The van der Waals surface area contributed by atoms with E-state index in [1.807, 2.05) is 30.3 Å². The first-order valence-electron chi connectivity index (χ1n) is 11.0. The standard InChI is InChI=1S/C23H30N4O3/c1-24-22(29)17-13-18(23-26-21(27-30-23)16-10-6-3-7-11-16)19(14-17)25-20(28)12-15-8-4-2-5-9-15/h3,6-7,10-11,15,17-19H,2,4-5,8-9,12-14H2,1H3,(H,24,29)(H,25,28)/t17-,18-,19+/m1/s1. The fourth-order valence-corrected chi connectivity index (χ4v) is 4.90. The van der Waals surface area contributed by atoms with E-state index < -0.39 is 0 Å². The van der Waals surface area contributed by atoms with E-state index in [9.17, 15) is 9.59 Å². The van der Waals surface area contributed by atoms with E-state index in [4.69, 9.17) is 4.52 Å². The molecule has 2 aliphatic carbocycles. The SMILES string of the molecule is CNC(=O)[C@H]1C[C@H](NC(=O)CC2CCCCC2)[C@H](c2nc(-c3ccccc3)no2)C1. The van der Waals surface area contributed by atoms with E-state index in [0.29, 0.717) is 36.9 Å². The second kappa shape index (κ2) is 9.41. The second-order valence-electron chi connectivity index (χ2n) is 8.59. The summed E-state index contributed by atoms with van der Waals surface area (Å²) in [6, 6.07) is 9.48. The van der Waals surface area contributed by atoms with Gasteiger partial charge in [0, 0.05) is 31.0 Å². The van der Waals surface area contributed by atoms with Gasteiger partial charge in [0.1, 0.15) is 0 Å². The number of carbonyl (C=O) groups excluding carboxylic acids is 2. The van der Waals surface area contributed by atoms with E-state index in [1.54, 1.807) is 7.05 Å². The van der Waals surface area contributed by atoms with Crippen LogP contribution >= 0.6 is 0 Å². The average molecular weight is 411 g/mol. The molecule has 0 unspecified atom stereocenters. The zero-order valence-corrected chi connectivity index (χ0v) is 17.5. The normalized spacial score (nSPS) is 24.5. The Kier molecular flexibility index (Phi) is 6.45. The summed E-state index contributed by atoms with van der Waals surface area (Å²) in [4.78, 5) is 29.6. The van der Waals surface area contributed by atoms with Crippen molar-refractivity contribution in [2.45, 2.75) is 63.3 Å². The molecule has 2 fully saturated rings. The van der Waals surface area contributed by atoms with E-state index in [-0.39, 0.29) is 29.7 Å². The number of amides is 2. The molecule has 160 valence electrons. The Morgan fingerprint density at radius 1 is 1.10 bits per heavy atom. The van der Waals surface area contributed by atoms with Crippen molar-refractivity contribution in [3.8, 4) is 11.4 Å². The summed E-state index contributed by atoms with van der Waals surface area (Å²) >= 11 is 0. The number of carbonyl (C=O) groups is 2. The third kappa shape index (κ3) is 4.71. The maximum absolute atomic E-state index is 12.7. The van der Waals surface area contributed by atoms with Crippen molar-refractivity contribution in [2.75, 3.05) is 7.05 Å². The highest BCUT2D eigenvalue weighted by atomic mass is 16.5. The minimum Gasteiger partial charge on any atom is -0.359 e. The van der Waals surface area contributed by atoms with Crippen LogP contribution in [-0.4, -0.2) is 35.0 Å². The number of hydrogen-bond donors (Lipinski definition) is 2. The summed E-state index contributed by atoms with van der Waals surface area (Å²) in [6.07, 6.45) is 7.71. The molecule has 0 bridgehead atoms. The van der Waals surface area contributed by atoms with Gasteiger partial charge in [0.05, 0.1) is 5.92 Å². The second-order valence-corrected chi connectivity index (χ2v) is 8.59. The van der Waals surface area contributed by atoms with Crippen LogP contribution in [0.25, 0.3) is 11.4 Å². The van der Waals surface area contributed by atoms with E-state index in [2.05, 4.69) is 20.8 Å². The molecule has 7 heteroatoms. The number of rotatable bonds is 6. The van der Waals surface area contributed by atoms with Gasteiger partial charge in [-0.3, -0.25) is 9.59 Å². The van der Waals surface area contributed by atoms with Crippen molar-refractivity contribution >= 4 is 11.8 Å². The number of nitrogens with zero attached hydrogens (tertiary/aromatic N) is 2. The van der Waals surface area contributed by atoms with Crippen molar-refractivity contribution in [1.82, 2.24) is 20.8 Å². The lowest BCUT2D eigenvalue weighted by molar-refractivity contribution is -0.125. The van der Waals surface area contributed by atoms with Crippen LogP contribution in [0.15, 0.2) is 34.9 Å². The van der Waals surface area contributed by atoms with Crippen LogP contribution in [0, 0.1) is 11.8 Å². The molecule has 3 atom stereocenters. The highest BCUT2D eigenvalue weighted by Gasteiger charge is 2.42. The predicted molar refractivity (Wildman–Crippen MR) is 112 cm³/mol. The molecule has 2 amide bonds. The number of benzene rings is 1. The van der Waals surface area contributed by atoms with Gasteiger partial charge in [-0.2, -0.15) is 4.98 Å². The maximum atomic E-state index is 12.7. The number of nitrogens with one attached hydrogen (secondary N) is 2. The fourth-order valence-electron chi connectivity index (χ4n) is 4.90. The zero-order valence-electron chi connectivity index (χ0n) is 17.5. The molecule has 0 aliphatic heterocycles. The number of hydrogen-bond acceptors (Lipinski definition) is 5. The van der Waals surface area contributed by atoms with Crippen LogP contribution < -0.4 is 10.6 Å². The summed E-state index contributed by atoms with van der Waals surface area (Å²) in [6.45, 7) is 0. The molecule has 4 rings (SSSR count). The molecule has 0 saturated heterocycles. The molecular weight excluding hydrogens is 380 g/mol. The third-order valence-corrected chi connectivity index (χ3v) is 6.52. The van der Waals surface area contributed by atoms with Gasteiger partial charge in [-0.1, -0.05) is 54.8 Å². The Hall–Kier alpha value is -2.70. The van der Waals surface area contributed by atoms with Crippen molar-refractivity contribution in [1.29, 1.82) is 0 Å². The molecule has 0 radical (unpaired) electrons. The lowest BCUT2D eigenvalue weighted by atomic mass is 9.86. The van der Waals surface area contributed by atoms with Crippen LogP contribution in [0.2, 0.25) is 0 Å². The minimum absolute atomic E-state index is 0.00757. The van der Waals surface area contributed by atoms with Crippen LogP contribution in [0.5, 0.6) is 0 Å². The molecule has 2 aliphatic rings. The van der Waals surface area contributed by atoms with Crippen LogP contribution in [-0.2, 0) is 9.59 Å². The van der Waals surface area contributed by atoms with E-state index >= 15 is 0 Å². The first-order chi connectivity index (χ1) is 14.6. The molecule has 2 saturated carbocycles. The van der Waals surface area contributed by atoms with Gasteiger partial charge in [-0.25, -0.2) is 0 Å². The third-order valence-electron chi connectivity index (χ3n) is 6.52. The highest BCUT2D eigenvalue weighted by Crippen LogP contribution is 2.39. The molecule has 1 heterocycles. The maximum Gasteiger partial charge on any atom is 0.232 e. The summed E-state index contributed by atoms with van der Waals surface area (Å²) in [7, 11) is 1.65. The molecule has 30 heavy (non-hydrogen) atoms. The van der Waals surface area contributed by atoms with Gasteiger partial charge in [-0.05, 0) is 31.6 Å². The fraction of sp³-hybridized carbons (Fsp3) is 0.565. The van der Waals surface area contributed by atoms with Crippen molar-refractivity contribution in [2.24, 2.45) is 11.8 Å². The average Bonchev–Trinajstić information content (AvgIpc) is 3.42. The molecule has 2 N–H and O–H groups in total. The molecule has 1 aromatic heterocycles. The molecular formula is C23H30N4O3. The monoisotopic (exact) mass is 410 g/mol. The summed E-state index contributed by atoms with van der Waals surface area (Å²) in [5.41, 5.74) is 0.881. The summed E-state index contributed by atoms with van der Waals surface area (Å²) in [5, 5.41) is 10.0. The van der Waals surface area contributed by atoms with E-state index in [0.717, 1.165) is 18.4 Å². The van der Waals surface area contributed by atoms with E-state index in [1.165, 1.54) is 19.3 Å². The van der Waals surface area contributed by atoms with Crippen molar-refractivity contribution < 1.29 is 14.1 Å². The van der Waals surface area contributed by atoms with Gasteiger partial charge in [0.2, 0.25) is 23.5 Å². The first-order valence-corrected chi connectivity index (χ1v) is 11.0. The Morgan fingerprint density at radius 2 is 1.87 bits per heavy atom.